The van der Waals surface area contributed by atoms with Crippen molar-refractivity contribution in [1.29, 1.82) is 0 Å². The van der Waals surface area contributed by atoms with Crippen LogP contribution in [0.5, 0.6) is 11.5 Å². The highest BCUT2D eigenvalue weighted by Gasteiger charge is 2.61. The lowest BCUT2D eigenvalue weighted by Gasteiger charge is -2.42. The molecule has 0 N–H and O–H groups in total. The van der Waals surface area contributed by atoms with E-state index in [1.807, 2.05) is 0 Å². The summed E-state index contributed by atoms with van der Waals surface area (Å²) in [5.41, 5.74) is -1.84. The first-order valence-electron chi connectivity index (χ1n) is 15.5. The molecular formula is C32H40N6O7S. The van der Waals surface area contributed by atoms with Gasteiger partial charge in [0.1, 0.15) is 11.5 Å². The molecule has 2 aromatic carbocycles. The van der Waals surface area contributed by atoms with Crippen LogP contribution in [0.1, 0.15) is 30.9 Å². The maximum atomic E-state index is 14.9. The number of aryl methyl sites for hydroxylation is 1. The number of hydrogen-bond donors (Lipinski definition) is 0. The summed E-state index contributed by atoms with van der Waals surface area (Å²) in [6.45, 7) is 6.29. The van der Waals surface area contributed by atoms with E-state index in [2.05, 4.69) is 21.8 Å². The number of carbonyl (C=O) groups excluding carboxylic acids is 2. The zero-order valence-corrected chi connectivity index (χ0v) is 27.4. The maximum Gasteiger partial charge on any atom is 0.411 e. The van der Waals surface area contributed by atoms with Crippen LogP contribution in [0, 0.1) is 0 Å². The van der Waals surface area contributed by atoms with Crippen LogP contribution in [0.3, 0.4) is 0 Å². The number of anilines is 1. The number of hydrogen-bond acceptors (Lipinski definition) is 10. The molecule has 3 aliphatic rings. The second-order valence-electron chi connectivity index (χ2n) is 11.9. The normalized spacial score (nSPS) is 21.3. The summed E-state index contributed by atoms with van der Waals surface area (Å²) in [4.78, 5) is 39.4. The van der Waals surface area contributed by atoms with E-state index in [4.69, 9.17) is 14.2 Å². The molecule has 4 heterocycles. The molecule has 3 aliphatic heterocycles. The van der Waals surface area contributed by atoms with Gasteiger partial charge in [0.05, 0.1) is 31.3 Å². The van der Waals surface area contributed by atoms with Gasteiger partial charge < -0.3 is 28.6 Å². The maximum absolute atomic E-state index is 14.9. The van der Waals surface area contributed by atoms with Gasteiger partial charge in [0, 0.05) is 51.0 Å². The van der Waals surface area contributed by atoms with E-state index in [0.29, 0.717) is 42.3 Å². The molecule has 46 heavy (non-hydrogen) atoms. The van der Waals surface area contributed by atoms with Crippen LogP contribution in [0.4, 0.5) is 10.5 Å². The molecule has 246 valence electrons. The number of ether oxygens (including phenoxy) is 3. The van der Waals surface area contributed by atoms with Crippen molar-refractivity contribution in [2.24, 2.45) is 7.05 Å². The summed E-state index contributed by atoms with van der Waals surface area (Å²) in [6, 6.07) is 11.7. The summed E-state index contributed by atoms with van der Waals surface area (Å²) in [6.07, 6.45) is 4.08. The molecule has 0 aliphatic carbocycles. The number of likely N-dealkylation sites (tertiary alicyclic amines) is 1. The van der Waals surface area contributed by atoms with Crippen molar-refractivity contribution >= 4 is 27.7 Å². The first kappa shape index (κ1) is 31.8. The summed E-state index contributed by atoms with van der Waals surface area (Å²) >= 11 is 0. The number of piperazine rings is 1. The van der Waals surface area contributed by atoms with Crippen molar-refractivity contribution in [1.82, 2.24) is 24.3 Å². The van der Waals surface area contributed by atoms with Crippen molar-refractivity contribution < 1.29 is 32.2 Å². The van der Waals surface area contributed by atoms with E-state index in [1.54, 1.807) is 49.2 Å². The van der Waals surface area contributed by atoms with Gasteiger partial charge in [0.2, 0.25) is 5.60 Å². The minimum Gasteiger partial charge on any atom is -0.497 e. The van der Waals surface area contributed by atoms with Crippen LogP contribution in [-0.4, -0.2) is 111 Å². The molecule has 0 bridgehead atoms. The SMILES string of the molecule is CCOc1ccccc1C1(OC(=O)N2CCN(C3CCN(C)CC3)CC2)C(=O)N(S(=O)(=O)c2cn(C)cn2)c2ccc(OC)cc21. The number of rotatable bonds is 8. The Kier molecular flexibility index (Phi) is 8.70. The Morgan fingerprint density at radius 1 is 1.00 bits per heavy atom. The smallest absolute Gasteiger partial charge is 0.411 e. The first-order chi connectivity index (χ1) is 22.1. The zero-order valence-electron chi connectivity index (χ0n) is 26.6. The highest BCUT2D eigenvalue weighted by Crippen LogP contribution is 2.52. The standard InChI is InChI=1S/C32H40N6O7S/c1-5-44-28-9-7-6-8-25(28)32(45-31(40)37-18-16-36(17-19-37)23-12-14-34(2)15-13-23)26-20-24(43-4)10-11-27(26)38(30(32)39)46(41,42)29-21-35(3)22-33-29/h6-11,20-23H,5,12-19H2,1-4H3. The molecule has 1 atom stereocenters. The molecule has 1 aromatic heterocycles. The van der Waals surface area contributed by atoms with Gasteiger partial charge in [-0.05, 0) is 64.2 Å². The molecule has 1 unspecified atom stereocenters. The van der Waals surface area contributed by atoms with Crippen LogP contribution in [0.15, 0.2) is 60.0 Å². The van der Waals surface area contributed by atoms with Crippen LogP contribution in [0.2, 0.25) is 0 Å². The van der Waals surface area contributed by atoms with E-state index in [-0.39, 0.29) is 34.2 Å². The zero-order chi connectivity index (χ0) is 32.6. The van der Waals surface area contributed by atoms with Crippen molar-refractivity contribution in [2.45, 2.75) is 36.4 Å². The Labute approximate surface area is 269 Å². The monoisotopic (exact) mass is 652 g/mol. The molecule has 0 spiro atoms. The molecule has 2 amide bonds. The number of methoxy groups -OCH3 is 1. The number of benzene rings is 2. The minimum absolute atomic E-state index is 0.0302. The molecule has 2 saturated heterocycles. The average Bonchev–Trinajstić information content (AvgIpc) is 3.61. The van der Waals surface area contributed by atoms with Crippen molar-refractivity contribution in [2.75, 3.05) is 64.3 Å². The number of fused-ring (bicyclic) bond motifs is 1. The molecule has 14 heteroatoms. The number of carbonyl (C=O) groups is 2. The number of imidazole rings is 1. The molecule has 0 radical (unpaired) electrons. The number of nitrogens with zero attached hydrogens (tertiary/aromatic N) is 6. The van der Waals surface area contributed by atoms with Gasteiger partial charge in [-0.3, -0.25) is 9.69 Å². The number of sulfonamides is 1. The topological polar surface area (TPSA) is 127 Å². The molecule has 0 saturated carbocycles. The van der Waals surface area contributed by atoms with Crippen LogP contribution >= 0.6 is 0 Å². The van der Waals surface area contributed by atoms with E-state index >= 15 is 0 Å². The number of para-hydroxylation sites is 1. The minimum atomic E-state index is -4.53. The quantitative estimate of drug-likeness (QED) is 0.359. The molecule has 3 aromatic rings. The summed E-state index contributed by atoms with van der Waals surface area (Å²) in [5.74, 6) is -0.347. The third-order valence-electron chi connectivity index (χ3n) is 9.06. The summed E-state index contributed by atoms with van der Waals surface area (Å²) in [5, 5.41) is -0.324. The van der Waals surface area contributed by atoms with Gasteiger partial charge in [0.15, 0.2) is 5.03 Å². The van der Waals surface area contributed by atoms with Crippen LogP contribution < -0.4 is 13.8 Å². The van der Waals surface area contributed by atoms with Gasteiger partial charge in [0.25, 0.3) is 15.9 Å². The average molecular weight is 653 g/mol. The van der Waals surface area contributed by atoms with Gasteiger partial charge >= 0.3 is 6.09 Å². The highest BCUT2D eigenvalue weighted by atomic mass is 32.2. The lowest BCUT2D eigenvalue weighted by molar-refractivity contribution is -0.132. The lowest BCUT2D eigenvalue weighted by Crippen LogP contribution is -2.55. The largest absolute Gasteiger partial charge is 0.497 e. The fourth-order valence-corrected chi connectivity index (χ4v) is 8.03. The van der Waals surface area contributed by atoms with Gasteiger partial charge in [-0.2, -0.15) is 12.7 Å². The predicted octanol–water partition coefficient (Wildman–Crippen LogP) is 2.65. The Hall–Kier alpha value is -4.14. The van der Waals surface area contributed by atoms with Crippen molar-refractivity contribution in [3.05, 3.63) is 66.1 Å². The third kappa shape index (κ3) is 5.47. The fourth-order valence-electron chi connectivity index (χ4n) is 6.60. The van der Waals surface area contributed by atoms with E-state index in [9.17, 15) is 18.0 Å². The Bertz CT molecular complexity index is 1710. The van der Waals surface area contributed by atoms with E-state index in [1.165, 1.54) is 36.3 Å². The predicted molar refractivity (Wildman–Crippen MR) is 169 cm³/mol. The molecule has 13 nitrogen and oxygen atoms in total. The Balaban J connectivity index is 1.42. The van der Waals surface area contributed by atoms with Crippen molar-refractivity contribution in [3.8, 4) is 11.5 Å². The Morgan fingerprint density at radius 2 is 1.72 bits per heavy atom. The molecule has 2 fully saturated rings. The second kappa shape index (κ2) is 12.6. The number of aromatic nitrogens is 2. The van der Waals surface area contributed by atoms with Gasteiger partial charge in [-0.15, -0.1) is 0 Å². The van der Waals surface area contributed by atoms with Gasteiger partial charge in [-0.1, -0.05) is 18.2 Å². The lowest BCUT2D eigenvalue weighted by atomic mass is 9.86. The number of amides is 2. The second-order valence-corrected chi connectivity index (χ2v) is 13.6. The van der Waals surface area contributed by atoms with Gasteiger partial charge in [-0.25, -0.2) is 9.78 Å². The van der Waals surface area contributed by atoms with Crippen LogP contribution in [0.25, 0.3) is 0 Å². The molecular weight excluding hydrogens is 612 g/mol. The number of piperidine rings is 1. The third-order valence-corrected chi connectivity index (χ3v) is 10.6. The first-order valence-corrected chi connectivity index (χ1v) is 16.9. The van der Waals surface area contributed by atoms with Crippen LogP contribution in [-0.2, 0) is 32.2 Å². The van der Waals surface area contributed by atoms with E-state index in [0.717, 1.165) is 25.9 Å². The summed E-state index contributed by atoms with van der Waals surface area (Å²) in [7, 11) is 0.693. The molecule has 6 rings (SSSR count). The summed E-state index contributed by atoms with van der Waals surface area (Å²) < 4.78 is 48.2. The Morgan fingerprint density at radius 3 is 2.37 bits per heavy atom. The van der Waals surface area contributed by atoms with E-state index < -0.39 is 27.6 Å². The van der Waals surface area contributed by atoms with Crippen molar-refractivity contribution in [3.63, 3.8) is 0 Å². The highest BCUT2D eigenvalue weighted by molar-refractivity contribution is 7.93. The fraction of sp³-hybridized carbons (Fsp3) is 0.469.